The molecule has 0 fully saturated rings. The van der Waals surface area contributed by atoms with Crippen LogP contribution in [-0.2, 0) is 0 Å². The van der Waals surface area contributed by atoms with Crippen molar-refractivity contribution in [2.75, 3.05) is 11.1 Å². The summed E-state index contributed by atoms with van der Waals surface area (Å²) < 4.78 is 1.02. The molecule has 2 aromatic carbocycles. The Morgan fingerprint density at radius 3 is 2.91 bits per heavy atom. The third kappa shape index (κ3) is 2.40. The number of hydrogen-bond acceptors (Lipinski definition) is 6. The molecule has 4 N–H and O–H groups in total. The number of carbonyl (C=O) groups is 1. The number of nitrogens with zero attached hydrogens (tertiary/aromatic N) is 2. The molecule has 2 aromatic heterocycles. The van der Waals surface area contributed by atoms with Crippen molar-refractivity contribution in [3.8, 4) is 0 Å². The highest BCUT2D eigenvalue weighted by atomic mass is 32.1. The maximum absolute atomic E-state index is 11.5. The van der Waals surface area contributed by atoms with Crippen LogP contribution in [0, 0.1) is 0 Å². The molecule has 6 nitrogen and oxygen atoms in total. The van der Waals surface area contributed by atoms with Gasteiger partial charge in [0.25, 0.3) is 0 Å². The van der Waals surface area contributed by atoms with Crippen molar-refractivity contribution in [1.82, 2.24) is 15.0 Å². The molecule has 114 valence electrons. The molecule has 0 aliphatic carbocycles. The fourth-order valence-corrected chi connectivity index (χ4v) is 3.36. The Hall–Kier alpha value is -2.93. The third-order valence-corrected chi connectivity index (χ3v) is 4.49. The maximum atomic E-state index is 11.5. The lowest BCUT2D eigenvalue weighted by Crippen LogP contribution is -1.94. The van der Waals surface area contributed by atoms with Crippen LogP contribution in [0.1, 0.15) is 17.3 Å². The van der Waals surface area contributed by atoms with Crippen molar-refractivity contribution < 1.29 is 4.79 Å². The number of hydrogen-bond donors (Lipinski definition) is 3. The lowest BCUT2D eigenvalue weighted by atomic mass is 10.1. The molecule has 2 heterocycles. The van der Waals surface area contributed by atoms with Crippen molar-refractivity contribution in [2.24, 2.45) is 0 Å². The van der Waals surface area contributed by atoms with Gasteiger partial charge in [0.1, 0.15) is 11.0 Å². The molecule has 0 atom stereocenters. The second-order valence-corrected chi connectivity index (χ2v) is 6.24. The second kappa shape index (κ2) is 5.06. The van der Waals surface area contributed by atoms with Crippen LogP contribution in [0.15, 0.2) is 36.4 Å². The summed E-state index contributed by atoms with van der Waals surface area (Å²) in [6, 6.07) is 11.3. The molecule has 0 bridgehead atoms. The number of nitrogens with two attached hydrogens (primary N) is 1. The quantitative estimate of drug-likeness (QED) is 0.499. The number of nitrogen functional groups attached to an aromatic ring is 1. The minimum absolute atomic E-state index is 0.0339. The lowest BCUT2D eigenvalue weighted by Gasteiger charge is -2.03. The van der Waals surface area contributed by atoms with Gasteiger partial charge in [0.05, 0.1) is 10.2 Å². The first-order valence-electron chi connectivity index (χ1n) is 7.03. The molecular formula is C16H13N5OS. The number of ketones is 1. The number of benzene rings is 2. The van der Waals surface area contributed by atoms with E-state index in [1.807, 2.05) is 30.3 Å². The van der Waals surface area contributed by atoms with Gasteiger partial charge >= 0.3 is 0 Å². The summed E-state index contributed by atoms with van der Waals surface area (Å²) in [7, 11) is 0. The van der Waals surface area contributed by atoms with Gasteiger partial charge in [-0.25, -0.2) is 9.97 Å². The number of aromatic nitrogens is 3. The molecule has 0 spiro atoms. The van der Waals surface area contributed by atoms with Crippen LogP contribution in [-0.4, -0.2) is 20.7 Å². The minimum Gasteiger partial charge on any atom is -0.369 e. The largest absolute Gasteiger partial charge is 0.369 e. The van der Waals surface area contributed by atoms with E-state index >= 15 is 0 Å². The predicted octanol–water partition coefficient (Wildman–Crippen LogP) is 3.70. The molecule has 0 unspecified atom stereocenters. The highest BCUT2D eigenvalue weighted by Gasteiger charge is 2.11. The molecule has 4 aromatic rings. The Balaban J connectivity index is 1.76. The van der Waals surface area contributed by atoms with Crippen LogP contribution in [0.5, 0.6) is 0 Å². The van der Waals surface area contributed by atoms with Gasteiger partial charge in [0.2, 0.25) is 0 Å². The summed E-state index contributed by atoms with van der Waals surface area (Å²) in [4.78, 5) is 23.4. The zero-order valence-corrected chi connectivity index (χ0v) is 13.1. The number of H-pyrrole nitrogens is 1. The molecule has 0 saturated heterocycles. The van der Waals surface area contributed by atoms with E-state index in [0.717, 1.165) is 32.1 Å². The van der Waals surface area contributed by atoms with E-state index < -0.39 is 0 Å². The van der Waals surface area contributed by atoms with Crippen molar-refractivity contribution >= 4 is 55.1 Å². The highest BCUT2D eigenvalue weighted by Crippen LogP contribution is 2.32. The first-order chi connectivity index (χ1) is 11.1. The normalized spacial score (nSPS) is 11.2. The molecule has 23 heavy (non-hydrogen) atoms. The highest BCUT2D eigenvalue weighted by molar-refractivity contribution is 7.22. The first-order valence-corrected chi connectivity index (χ1v) is 7.84. The van der Waals surface area contributed by atoms with E-state index in [1.54, 1.807) is 13.0 Å². The van der Waals surface area contributed by atoms with E-state index in [9.17, 15) is 4.79 Å². The Morgan fingerprint density at radius 2 is 2.09 bits per heavy atom. The van der Waals surface area contributed by atoms with Crippen LogP contribution in [0.25, 0.3) is 21.3 Å². The molecular weight excluding hydrogens is 310 g/mol. The number of nitrogens with one attached hydrogen (secondary N) is 2. The Kier molecular flexibility index (Phi) is 3.02. The summed E-state index contributed by atoms with van der Waals surface area (Å²) in [5.74, 6) is 0.413. The number of imidazole rings is 1. The second-order valence-electron chi connectivity index (χ2n) is 5.21. The van der Waals surface area contributed by atoms with Gasteiger partial charge in [-0.3, -0.25) is 4.79 Å². The average molecular weight is 323 g/mol. The van der Waals surface area contributed by atoms with E-state index in [4.69, 9.17) is 5.73 Å². The van der Waals surface area contributed by atoms with Gasteiger partial charge in [-0.1, -0.05) is 23.5 Å². The zero-order chi connectivity index (χ0) is 16.0. The van der Waals surface area contributed by atoms with Gasteiger partial charge in [-0.2, -0.15) is 0 Å². The topological polar surface area (TPSA) is 96.7 Å². The van der Waals surface area contributed by atoms with Crippen molar-refractivity contribution in [3.63, 3.8) is 0 Å². The van der Waals surface area contributed by atoms with E-state index in [-0.39, 0.29) is 5.78 Å². The number of thiazole rings is 1. The molecule has 0 radical (unpaired) electrons. The summed E-state index contributed by atoms with van der Waals surface area (Å²) >= 11 is 1.53. The summed E-state index contributed by atoms with van der Waals surface area (Å²) in [6.07, 6.45) is 0. The molecule has 0 aliphatic rings. The summed E-state index contributed by atoms with van der Waals surface area (Å²) in [5.41, 5.74) is 9.65. The fraction of sp³-hybridized carbons (Fsp3) is 0.0625. The van der Waals surface area contributed by atoms with Crippen molar-refractivity contribution in [2.45, 2.75) is 6.92 Å². The predicted molar refractivity (Wildman–Crippen MR) is 93.4 cm³/mol. The standard InChI is InChI=1S/C16H13N5OS/c1-8(22)9-3-2-4-10(7-9)18-16-21-14-12(23-16)6-5-11-13(14)20-15(17)19-11/h2-7H,1H3,(H,18,21)(H3,17,19,20). The summed E-state index contributed by atoms with van der Waals surface area (Å²) in [6.45, 7) is 1.55. The monoisotopic (exact) mass is 323 g/mol. The van der Waals surface area contributed by atoms with Crippen LogP contribution in [0.2, 0.25) is 0 Å². The van der Waals surface area contributed by atoms with Crippen LogP contribution >= 0.6 is 11.3 Å². The van der Waals surface area contributed by atoms with Gasteiger partial charge < -0.3 is 16.0 Å². The lowest BCUT2D eigenvalue weighted by molar-refractivity contribution is 0.101. The van der Waals surface area contributed by atoms with E-state index in [2.05, 4.69) is 20.3 Å². The molecule has 0 saturated carbocycles. The number of aromatic amines is 1. The average Bonchev–Trinajstić information content (AvgIpc) is 3.09. The molecule has 4 rings (SSSR count). The number of carbonyl (C=O) groups excluding carboxylic acids is 1. The number of anilines is 3. The summed E-state index contributed by atoms with van der Waals surface area (Å²) in [5, 5.41) is 3.99. The van der Waals surface area contributed by atoms with Crippen LogP contribution < -0.4 is 11.1 Å². The third-order valence-electron chi connectivity index (χ3n) is 3.55. The van der Waals surface area contributed by atoms with Gasteiger partial charge in [-0.05, 0) is 31.2 Å². The molecule has 0 amide bonds. The zero-order valence-electron chi connectivity index (χ0n) is 12.3. The van der Waals surface area contributed by atoms with E-state index in [1.165, 1.54) is 11.3 Å². The number of Topliss-reactive ketones (excluding diaryl/α,β-unsaturated/α-hetero) is 1. The Labute approximate surface area is 135 Å². The molecule has 7 heteroatoms. The van der Waals surface area contributed by atoms with Crippen molar-refractivity contribution in [1.29, 1.82) is 0 Å². The number of fused-ring (bicyclic) bond motifs is 3. The van der Waals surface area contributed by atoms with Crippen molar-refractivity contribution in [3.05, 3.63) is 42.0 Å². The van der Waals surface area contributed by atoms with Crippen LogP contribution in [0.4, 0.5) is 16.8 Å². The maximum Gasteiger partial charge on any atom is 0.198 e. The Bertz CT molecular complexity index is 1050. The van der Waals surface area contributed by atoms with E-state index in [0.29, 0.717) is 11.5 Å². The smallest absolute Gasteiger partial charge is 0.198 e. The molecule has 0 aliphatic heterocycles. The van der Waals surface area contributed by atoms with Gasteiger partial charge in [-0.15, -0.1) is 0 Å². The number of rotatable bonds is 3. The van der Waals surface area contributed by atoms with Crippen LogP contribution in [0.3, 0.4) is 0 Å². The Morgan fingerprint density at radius 1 is 1.22 bits per heavy atom. The fourth-order valence-electron chi connectivity index (χ4n) is 2.47. The first kappa shape index (κ1) is 13.7. The SMILES string of the molecule is CC(=O)c1cccc(Nc2nc3c(ccc4[nH]c(N)nc43)s2)c1. The van der Waals surface area contributed by atoms with Gasteiger partial charge in [0.15, 0.2) is 16.9 Å². The van der Waals surface area contributed by atoms with Gasteiger partial charge in [0, 0.05) is 11.3 Å². The minimum atomic E-state index is 0.0339.